The average molecular weight is 473 g/mol. The van der Waals surface area contributed by atoms with E-state index in [0.29, 0.717) is 16.7 Å². The normalized spacial score (nSPS) is 12.0. The van der Waals surface area contributed by atoms with Gasteiger partial charge in [0.15, 0.2) is 0 Å². The van der Waals surface area contributed by atoms with E-state index < -0.39 is 11.6 Å². The summed E-state index contributed by atoms with van der Waals surface area (Å²) in [4.78, 5) is 15.1. The van der Waals surface area contributed by atoms with Gasteiger partial charge in [-0.15, -0.1) is 0 Å². The molecule has 3 rings (SSSR count). The van der Waals surface area contributed by atoms with Gasteiger partial charge in [0, 0.05) is 9.92 Å². The molecule has 1 aromatic heterocycles. The van der Waals surface area contributed by atoms with Crippen molar-refractivity contribution in [3.63, 3.8) is 0 Å². The van der Waals surface area contributed by atoms with E-state index in [4.69, 9.17) is 21.1 Å². The van der Waals surface area contributed by atoms with Gasteiger partial charge >= 0.3 is 5.97 Å². The highest BCUT2D eigenvalue weighted by Crippen LogP contribution is 2.40. The molecule has 170 valence electrons. The van der Waals surface area contributed by atoms with E-state index >= 15 is 0 Å². The smallest absolute Gasteiger partial charge is 0.356 e. The fraction of sp³-hybridized carbons (Fsp3) is 0.360. The molecule has 0 aliphatic carbocycles. The topological polar surface area (TPSA) is 53.4 Å². The lowest BCUT2D eigenvalue weighted by molar-refractivity contribution is -0.150. The van der Waals surface area contributed by atoms with Crippen molar-refractivity contribution in [1.82, 2.24) is 9.78 Å². The van der Waals surface area contributed by atoms with Crippen LogP contribution in [-0.4, -0.2) is 21.4 Å². The van der Waals surface area contributed by atoms with Crippen LogP contribution in [0.3, 0.4) is 0 Å². The first-order valence-corrected chi connectivity index (χ1v) is 11.6. The summed E-state index contributed by atoms with van der Waals surface area (Å²) in [7, 11) is 0. The summed E-state index contributed by atoms with van der Waals surface area (Å²) >= 11 is 7.48. The van der Waals surface area contributed by atoms with Gasteiger partial charge in [-0.3, -0.25) is 0 Å². The number of hydrogen-bond donors (Lipinski definition) is 0. The van der Waals surface area contributed by atoms with Crippen LogP contribution in [0.4, 0.5) is 0 Å². The van der Waals surface area contributed by atoms with Crippen molar-refractivity contribution >= 4 is 29.3 Å². The number of ether oxygens (including phenoxy) is 2. The molecule has 7 heteroatoms. The van der Waals surface area contributed by atoms with Gasteiger partial charge in [-0.1, -0.05) is 41.1 Å². The number of halogens is 1. The second-order valence-electron chi connectivity index (χ2n) is 9.17. The number of esters is 1. The molecule has 0 spiro atoms. The van der Waals surface area contributed by atoms with E-state index in [0.717, 1.165) is 15.5 Å². The maximum Gasteiger partial charge on any atom is 0.356 e. The lowest BCUT2D eigenvalue weighted by Gasteiger charge is -2.26. The van der Waals surface area contributed by atoms with Gasteiger partial charge in [-0.25, -0.2) is 9.48 Å². The maximum absolute atomic E-state index is 13.2. The molecule has 0 radical (unpaired) electrons. The van der Waals surface area contributed by atoms with Crippen molar-refractivity contribution in [2.75, 3.05) is 0 Å². The van der Waals surface area contributed by atoms with E-state index in [1.54, 1.807) is 42.8 Å². The fourth-order valence-corrected chi connectivity index (χ4v) is 3.97. The van der Waals surface area contributed by atoms with Crippen molar-refractivity contribution in [3.05, 3.63) is 64.8 Å². The SMILES string of the molecule is Cc1ccc(Sc2c(C)nn(C(C)(C)C)c2OC(=O)C(C)(C)Oc2ccc(Cl)cc2)cc1. The van der Waals surface area contributed by atoms with Crippen molar-refractivity contribution in [2.45, 2.75) is 69.4 Å². The van der Waals surface area contributed by atoms with Gasteiger partial charge in [0.05, 0.1) is 16.1 Å². The molecule has 3 aromatic rings. The largest absolute Gasteiger partial charge is 0.476 e. The molecule has 32 heavy (non-hydrogen) atoms. The Hall–Kier alpha value is -2.44. The highest BCUT2D eigenvalue weighted by molar-refractivity contribution is 7.99. The minimum atomic E-state index is -1.22. The lowest BCUT2D eigenvalue weighted by Crippen LogP contribution is -2.42. The summed E-state index contributed by atoms with van der Waals surface area (Å²) in [6.45, 7) is 13.4. The van der Waals surface area contributed by atoms with Gasteiger partial charge in [0.2, 0.25) is 11.5 Å². The standard InChI is InChI=1S/C25H29ClN2O3S/c1-16-8-14-20(15-9-16)32-21-17(2)27-28(24(3,4)5)22(21)30-23(29)25(6,7)31-19-12-10-18(26)11-13-19/h8-15H,1-7H3. The molecule has 0 atom stereocenters. The van der Waals surface area contributed by atoms with Crippen molar-refractivity contribution in [3.8, 4) is 11.6 Å². The van der Waals surface area contributed by atoms with Crippen molar-refractivity contribution in [2.24, 2.45) is 0 Å². The van der Waals surface area contributed by atoms with Gasteiger partial charge in [-0.05, 0) is 84.9 Å². The van der Waals surface area contributed by atoms with Crippen LogP contribution in [0.1, 0.15) is 45.9 Å². The average Bonchev–Trinajstić information content (AvgIpc) is 3.01. The molecule has 0 saturated carbocycles. The van der Waals surface area contributed by atoms with E-state index in [1.807, 2.05) is 46.8 Å². The second-order valence-corrected chi connectivity index (χ2v) is 10.7. The molecular weight excluding hydrogens is 444 g/mol. The number of carbonyl (C=O) groups is 1. The van der Waals surface area contributed by atoms with Crippen LogP contribution in [0.5, 0.6) is 11.6 Å². The number of rotatable bonds is 6. The van der Waals surface area contributed by atoms with Gasteiger partial charge < -0.3 is 9.47 Å². The Balaban J connectivity index is 1.93. The summed E-state index contributed by atoms with van der Waals surface area (Å²) in [5.41, 5.74) is 0.377. The zero-order valence-electron chi connectivity index (χ0n) is 19.5. The Morgan fingerprint density at radius 3 is 2.12 bits per heavy atom. The second kappa shape index (κ2) is 9.20. The molecule has 2 aromatic carbocycles. The van der Waals surface area contributed by atoms with Gasteiger partial charge in [0.25, 0.3) is 0 Å². The number of aromatic nitrogens is 2. The van der Waals surface area contributed by atoms with Crippen LogP contribution >= 0.6 is 23.4 Å². The Morgan fingerprint density at radius 1 is 0.969 bits per heavy atom. The van der Waals surface area contributed by atoms with Crippen LogP contribution < -0.4 is 9.47 Å². The summed E-state index contributed by atoms with van der Waals surface area (Å²) < 4.78 is 13.7. The Labute approximate surface area is 199 Å². The predicted octanol–water partition coefficient (Wildman–Crippen LogP) is 6.82. The highest BCUT2D eigenvalue weighted by atomic mass is 35.5. The molecular formula is C25H29ClN2O3S. The molecule has 0 fully saturated rings. The van der Waals surface area contributed by atoms with E-state index in [2.05, 4.69) is 17.2 Å². The summed E-state index contributed by atoms with van der Waals surface area (Å²) in [6, 6.07) is 15.1. The summed E-state index contributed by atoms with van der Waals surface area (Å²) in [5.74, 6) is 0.438. The number of benzene rings is 2. The molecule has 0 aliphatic rings. The fourth-order valence-electron chi connectivity index (χ4n) is 2.93. The molecule has 1 heterocycles. The van der Waals surface area contributed by atoms with Crippen LogP contribution in [0.25, 0.3) is 0 Å². The zero-order chi connectivity index (χ0) is 23.7. The third-order valence-electron chi connectivity index (χ3n) is 4.71. The van der Waals surface area contributed by atoms with Crippen LogP contribution in [0, 0.1) is 13.8 Å². The van der Waals surface area contributed by atoms with Crippen molar-refractivity contribution < 1.29 is 14.3 Å². The molecule has 5 nitrogen and oxygen atoms in total. The monoisotopic (exact) mass is 472 g/mol. The van der Waals surface area contributed by atoms with Crippen LogP contribution in [0.2, 0.25) is 5.02 Å². The Morgan fingerprint density at radius 2 is 1.56 bits per heavy atom. The molecule has 0 unspecified atom stereocenters. The number of carbonyl (C=O) groups excluding carboxylic acids is 1. The first-order valence-electron chi connectivity index (χ1n) is 10.4. The third kappa shape index (κ3) is 5.67. The Kier molecular flexibility index (Phi) is 6.96. The van der Waals surface area contributed by atoms with Crippen molar-refractivity contribution in [1.29, 1.82) is 0 Å². The molecule has 0 bridgehead atoms. The maximum atomic E-state index is 13.2. The zero-order valence-corrected chi connectivity index (χ0v) is 21.1. The molecule has 0 saturated heterocycles. The van der Waals surface area contributed by atoms with E-state index in [-0.39, 0.29) is 5.54 Å². The number of nitrogens with zero attached hydrogens (tertiary/aromatic N) is 2. The Bertz CT molecular complexity index is 1100. The summed E-state index contributed by atoms with van der Waals surface area (Å²) in [5, 5.41) is 5.28. The first-order chi connectivity index (χ1) is 14.9. The van der Waals surface area contributed by atoms with E-state index in [1.165, 1.54) is 17.3 Å². The van der Waals surface area contributed by atoms with Gasteiger partial charge in [0.1, 0.15) is 5.75 Å². The third-order valence-corrected chi connectivity index (χ3v) is 6.14. The first kappa shape index (κ1) is 24.2. The quantitative estimate of drug-likeness (QED) is 0.368. The molecule has 0 amide bonds. The summed E-state index contributed by atoms with van der Waals surface area (Å²) in [6.07, 6.45) is 0. The molecule has 0 N–H and O–H groups in total. The highest BCUT2D eigenvalue weighted by Gasteiger charge is 2.36. The lowest BCUT2D eigenvalue weighted by atomic mass is 10.1. The van der Waals surface area contributed by atoms with Crippen LogP contribution in [0.15, 0.2) is 58.3 Å². The minimum Gasteiger partial charge on any atom is -0.476 e. The number of aryl methyl sites for hydroxylation is 2. The van der Waals surface area contributed by atoms with Gasteiger partial charge in [-0.2, -0.15) is 5.10 Å². The molecule has 0 aliphatic heterocycles. The van der Waals surface area contributed by atoms with E-state index in [9.17, 15) is 4.79 Å². The minimum absolute atomic E-state index is 0.381. The number of hydrogen-bond acceptors (Lipinski definition) is 5. The predicted molar refractivity (Wildman–Crippen MR) is 129 cm³/mol. The van der Waals surface area contributed by atoms with Crippen LogP contribution in [-0.2, 0) is 10.3 Å².